The Hall–Kier alpha value is -1.27. The molecule has 1 aromatic rings. The van der Waals surface area contributed by atoms with Crippen molar-refractivity contribution in [3.05, 3.63) is 18.2 Å². The van der Waals surface area contributed by atoms with E-state index in [-0.39, 0.29) is 4.90 Å². The molecule has 0 radical (unpaired) electrons. The second-order valence-corrected chi connectivity index (χ2v) is 7.81. The Morgan fingerprint density at radius 2 is 1.90 bits per heavy atom. The van der Waals surface area contributed by atoms with E-state index >= 15 is 0 Å². The van der Waals surface area contributed by atoms with Gasteiger partial charge >= 0.3 is 0 Å². The van der Waals surface area contributed by atoms with Gasteiger partial charge in [-0.05, 0) is 42.9 Å². The second-order valence-electron chi connectivity index (χ2n) is 6.28. The number of hydrogen-bond acceptors (Lipinski definition) is 4. The fourth-order valence-electron chi connectivity index (χ4n) is 2.68. The molecule has 0 atom stereocenters. The molecule has 0 aromatic heterocycles. The molecule has 0 spiro atoms. The molecule has 1 aliphatic rings. The second kappa shape index (κ2) is 5.26. The monoisotopic (exact) mass is 297 g/mol. The van der Waals surface area contributed by atoms with Gasteiger partial charge in [0.2, 0.25) is 10.0 Å². The van der Waals surface area contributed by atoms with Gasteiger partial charge in [0.05, 0.1) is 5.69 Å². The van der Waals surface area contributed by atoms with E-state index in [2.05, 4.69) is 18.7 Å². The normalized spacial score (nSPS) is 19.6. The Bertz CT molecular complexity index is 596. The lowest BCUT2D eigenvalue weighted by molar-refractivity contribution is 0.325. The summed E-state index contributed by atoms with van der Waals surface area (Å²) in [4.78, 5) is 2.23. The molecule has 0 saturated carbocycles. The molecule has 112 valence electrons. The highest BCUT2D eigenvalue weighted by molar-refractivity contribution is 7.89. The zero-order valence-corrected chi connectivity index (χ0v) is 12.9. The highest BCUT2D eigenvalue weighted by Gasteiger charge is 2.26. The summed E-state index contributed by atoms with van der Waals surface area (Å²) in [5.41, 5.74) is 7.06. The van der Waals surface area contributed by atoms with Crippen molar-refractivity contribution in [1.82, 2.24) is 0 Å². The van der Waals surface area contributed by atoms with E-state index in [4.69, 9.17) is 10.9 Å². The zero-order chi connectivity index (χ0) is 15.0. The zero-order valence-electron chi connectivity index (χ0n) is 12.1. The molecule has 0 unspecified atom stereocenters. The lowest BCUT2D eigenvalue weighted by Crippen LogP contribution is -2.28. The average Bonchev–Trinajstić information content (AvgIpc) is 2.49. The van der Waals surface area contributed by atoms with E-state index in [0.29, 0.717) is 16.8 Å². The predicted octanol–water partition coefficient (Wildman–Crippen LogP) is 1.93. The van der Waals surface area contributed by atoms with Gasteiger partial charge in [-0.3, -0.25) is 0 Å². The summed E-state index contributed by atoms with van der Waals surface area (Å²) in [6, 6.07) is 4.92. The van der Waals surface area contributed by atoms with Gasteiger partial charge in [0.25, 0.3) is 0 Å². The van der Waals surface area contributed by atoms with Gasteiger partial charge in [0.15, 0.2) is 0 Å². The quantitative estimate of drug-likeness (QED) is 0.816. The number of nitrogen functional groups attached to an aromatic ring is 1. The Labute approximate surface area is 121 Å². The SMILES string of the molecule is CC1(C)CCCN(c2ccc(N)cc2S(N)(=O)=O)CC1. The van der Waals surface area contributed by atoms with Crippen molar-refractivity contribution in [2.24, 2.45) is 10.6 Å². The number of sulfonamides is 1. The van der Waals surface area contributed by atoms with Crippen molar-refractivity contribution in [3.8, 4) is 0 Å². The lowest BCUT2D eigenvalue weighted by Gasteiger charge is -2.26. The minimum absolute atomic E-state index is 0.122. The van der Waals surface area contributed by atoms with Gasteiger partial charge < -0.3 is 10.6 Å². The van der Waals surface area contributed by atoms with Crippen LogP contribution in [-0.2, 0) is 10.0 Å². The molecule has 20 heavy (non-hydrogen) atoms. The van der Waals surface area contributed by atoms with Gasteiger partial charge in [-0.1, -0.05) is 13.8 Å². The molecule has 1 fully saturated rings. The molecule has 6 heteroatoms. The van der Waals surface area contributed by atoms with Crippen LogP contribution in [-0.4, -0.2) is 21.5 Å². The largest absolute Gasteiger partial charge is 0.399 e. The van der Waals surface area contributed by atoms with Crippen LogP contribution in [0.5, 0.6) is 0 Å². The first kappa shape index (κ1) is 15.1. The first-order valence-corrected chi connectivity index (χ1v) is 8.41. The summed E-state index contributed by atoms with van der Waals surface area (Å²) in [5.74, 6) is 0. The third-order valence-electron chi connectivity index (χ3n) is 3.97. The summed E-state index contributed by atoms with van der Waals surface area (Å²) in [6.07, 6.45) is 3.21. The van der Waals surface area contributed by atoms with Gasteiger partial charge in [0, 0.05) is 18.8 Å². The number of primary sulfonamides is 1. The summed E-state index contributed by atoms with van der Waals surface area (Å²) < 4.78 is 23.5. The van der Waals surface area contributed by atoms with Gasteiger partial charge in [-0.25, -0.2) is 13.6 Å². The number of rotatable bonds is 2. The minimum Gasteiger partial charge on any atom is -0.399 e. The summed E-state index contributed by atoms with van der Waals surface area (Å²) in [6.45, 7) is 6.18. The lowest BCUT2D eigenvalue weighted by atomic mass is 9.85. The van der Waals surface area contributed by atoms with Crippen molar-refractivity contribution in [2.45, 2.75) is 38.0 Å². The number of benzene rings is 1. The number of hydrogen-bond donors (Lipinski definition) is 2. The number of anilines is 2. The fourth-order valence-corrected chi connectivity index (χ4v) is 3.47. The molecule has 0 bridgehead atoms. The predicted molar refractivity (Wildman–Crippen MR) is 82.1 cm³/mol. The summed E-state index contributed by atoms with van der Waals surface area (Å²) in [5, 5.41) is 5.32. The van der Waals surface area contributed by atoms with Crippen molar-refractivity contribution >= 4 is 21.4 Å². The number of nitrogens with zero attached hydrogens (tertiary/aromatic N) is 1. The smallest absolute Gasteiger partial charge is 0.240 e. The molecular formula is C14H23N3O2S. The molecular weight excluding hydrogens is 274 g/mol. The topological polar surface area (TPSA) is 89.4 Å². The molecule has 5 nitrogen and oxygen atoms in total. The van der Waals surface area contributed by atoms with E-state index in [9.17, 15) is 8.42 Å². The van der Waals surface area contributed by atoms with Gasteiger partial charge in [0.1, 0.15) is 4.90 Å². The molecule has 1 aliphatic heterocycles. The maximum Gasteiger partial charge on any atom is 0.240 e. The molecule has 1 saturated heterocycles. The summed E-state index contributed by atoms with van der Waals surface area (Å²) in [7, 11) is -3.77. The fraction of sp³-hybridized carbons (Fsp3) is 0.571. The Balaban J connectivity index is 2.38. The van der Waals surface area contributed by atoms with Crippen LogP contribution in [0.3, 0.4) is 0 Å². The van der Waals surface area contributed by atoms with E-state index in [0.717, 1.165) is 32.4 Å². The first-order valence-electron chi connectivity index (χ1n) is 6.86. The molecule has 1 heterocycles. The van der Waals surface area contributed by atoms with E-state index in [1.165, 1.54) is 6.07 Å². The molecule has 0 aliphatic carbocycles. The standard InChI is InChI=1S/C14H23N3O2S/c1-14(2)6-3-8-17(9-7-14)12-5-4-11(15)10-13(12)20(16,18)19/h4-5,10H,3,6-9,15H2,1-2H3,(H2,16,18,19). The van der Waals surface area contributed by atoms with Gasteiger partial charge in [-0.2, -0.15) is 0 Å². The highest BCUT2D eigenvalue weighted by atomic mass is 32.2. The van der Waals surface area contributed by atoms with Crippen LogP contribution in [0.25, 0.3) is 0 Å². The Kier molecular flexibility index (Phi) is 3.97. The Morgan fingerprint density at radius 1 is 1.20 bits per heavy atom. The van der Waals surface area contributed by atoms with Crippen molar-refractivity contribution in [3.63, 3.8) is 0 Å². The van der Waals surface area contributed by atoms with E-state index < -0.39 is 10.0 Å². The molecule has 4 N–H and O–H groups in total. The minimum atomic E-state index is -3.77. The van der Waals surface area contributed by atoms with Crippen molar-refractivity contribution in [2.75, 3.05) is 23.7 Å². The van der Waals surface area contributed by atoms with Crippen LogP contribution < -0.4 is 15.8 Å². The van der Waals surface area contributed by atoms with Crippen molar-refractivity contribution in [1.29, 1.82) is 0 Å². The van der Waals surface area contributed by atoms with Crippen LogP contribution in [0.4, 0.5) is 11.4 Å². The average molecular weight is 297 g/mol. The van der Waals surface area contributed by atoms with E-state index in [1.54, 1.807) is 12.1 Å². The molecule has 1 aromatic carbocycles. The van der Waals surface area contributed by atoms with Crippen LogP contribution >= 0.6 is 0 Å². The van der Waals surface area contributed by atoms with Gasteiger partial charge in [-0.15, -0.1) is 0 Å². The van der Waals surface area contributed by atoms with E-state index in [1.807, 2.05) is 0 Å². The van der Waals surface area contributed by atoms with Crippen LogP contribution in [0.1, 0.15) is 33.1 Å². The highest BCUT2D eigenvalue weighted by Crippen LogP contribution is 2.34. The third kappa shape index (κ3) is 3.43. The number of nitrogens with two attached hydrogens (primary N) is 2. The maximum absolute atomic E-state index is 11.8. The first-order chi connectivity index (χ1) is 9.19. The van der Waals surface area contributed by atoms with Crippen LogP contribution in [0.15, 0.2) is 23.1 Å². The van der Waals surface area contributed by atoms with Crippen LogP contribution in [0.2, 0.25) is 0 Å². The molecule has 2 rings (SSSR count). The summed E-state index contributed by atoms with van der Waals surface area (Å²) >= 11 is 0. The third-order valence-corrected chi connectivity index (χ3v) is 4.91. The molecule has 0 amide bonds. The Morgan fingerprint density at radius 3 is 2.55 bits per heavy atom. The van der Waals surface area contributed by atoms with Crippen LogP contribution in [0, 0.1) is 5.41 Å². The maximum atomic E-state index is 11.8. The van der Waals surface area contributed by atoms with Crippen molar-refractivity contribution < 1.29 is 8.42 Å².